The zero-order chi connectivity index (χ0) is 17.3. The van der Waals surface area contributed by atoms with E-state index in [1.165, 1.54) is 28.7 Å². The van der Waals surface area contributed by atoms with Crippen molar-refractivity contribution in [3.05, 3.63) is 70.1 Å². The molecular formula is C18H14ClFN2OS. The van der Waals surface area contributed by atoms with E-state index in [0.29, 0.717) is 11.4 Å². The Morgan fingerprint density at radius 2 is 1.96 bits per heavy atom. The third kappa shape index (κ3) is 3.18. The van der Waals surface area contributed by atoms with E-state index in [-0.39, 0.29) is 16.0 Å². The van der Waals surface area contributed by atoms with Gasteiger partial charge in [0.2, 0.25) is 0 Å². The second-order valence-corrected chi connectivity index (χ2v) is 6.12. The van der Waals surface area contributed by atoms with Crippen molar-refractivity contribution >= 4 is 46.6 Å². The molecule has 0 atom stereocenters. The van der Waals surface area contributed by atoms with Crippen molar-refractivity contribution in [2.24, 2.45) is 0 Å². The summed E-state index contributed by atoms with van der Waals surface area (Å²) in [6.07, 6.45) is 2.69. The first kappa shape index (κ1) is 16.6. The Morgan fingerprint density at radius 1 is 1.25 bits per heavy atom. The maximum atomic E-state index is 13.3. The van der Waals surface area contributed by atoms with Gasteiger partial charge in [-0.05, 0) is 54.0 Å². The van der Waals surface area contributed by atoms with E-state index in [2.05, 4.69) is 12.2 Å². The van der Waals surface area contributed by atoms with Crippen LogP contribution in [-0.2, 0) is 11.2 Å². The lowest BCUT2D eigenvalue weighted by atomic mass is 10.1. The largest absolute Gasteiger partial charge is 0.327 e. The van der Waals surface area contributed by atoms with Crippen molar-refractivity contribution in [1.29, 1.82) is 0 Å². The highest BCUT2D eigenvalue weighted by molar-refractivity contribution is 7.80. The minimum atomic E-state index is -0.544. The SMILES string of the molecule is CCc1ccc(/C=C2\NC(=S)N(c3ccc(F)c(Cl)c3)C2=O)cc1. The summed E-state index contributed by atoms with van der Waals surface area (Å²) in [4.78, 5) is 13.9. The molecule has 2 aromatic rings. The quantitative estimate of drug-likeness (QED) is 0.654. The summed E-state index contributed by atoms with van der Waals surface area (Å²) < 4.78 is 13.3. The number of rotatable bonds is 3. The fourth-order valence-electron chi connectivity index (χ4n) is 2.41. The molecule has 6 heteroatoms. The van der Waals surface area contributed by atoms with Gasteiger partial charge in [-0.25, -0.2) is 4.39 Å². The highest BCUT2D eigenvalue weighted by Gasteiger charge is 2.32. The van der Waals surface area contributed by atoms with Crippen LogP contribution >= 0.6 is 23.8 Å². The molecule has 0 radical (unpaired) electrons. The molecule has 1 fully saturated rings. The number of benzene rings is 2. The third-order valence-corrected chi connectivity index (χ3v) is 4.31. The summed E-state index contributed by atoms with van der Waals surface area (Å²) in [7, 11) is 0. The molecule has 24 heavy (non-hydrogen) atoms. The lowest BCUT2D eigenvalue weighted by Gasteiger charge is -2.14. The van der Waals surface area contributed by atoms with E-state index in [9.17, 15) is 9.18 Å². The van der Waals surface area contributed by atoms with E-state index in [0.717, 1.165) is 12.0 Å². The Bertz CT molecular complexity index is 849. The lowest BCUT2D eigenvalue weighted by Crippen LogP contribution is -2.30. The molecule has 2 aromatic carbocycles. The molecule has 1 aliphatic rings. The molecule has 1 saturated heterocycles. The van der Waals surface area contributed by atoms with Gasteiger partial charge in [-0.1, -0.05) is 42.8 Å². The fourth-order valence-corrected chi connectivity index (χ4v) is 2.88. The van der Waals surface area contributed by atoms with Crippen molar-refractivity contribution in [3.63, 3.8) is 0 Å². The number of anilines is 1. The highest BCUT2D eigenvalue weighted by atomic mass is 35.5. The second-order valence-electron chi connectivity index (χ2n) is 5.32. The standard InChI is InChI=1S/C18H14ClFN2OS/c1-2-11-3-5-12(6-4-11)9-16-17(23)22(18(24)21-16)13-7-8-15(20)14(19)10-13/h3-10H,2H2,1H3,(H,21,24)/b16-9-. The number of nitrogens with one attached hydrogen (secondary N) is 1. The lowest BCUT2D eigenvalue weighted by molar-refractivity contribution is -0.113. The molecule has 0 bridgehead atoms. The summed E-state index contributed by atoms with van der Waals surface area (Å²) in [5, 5.41) is 3.07. The molecule has 0 saturated carbocycles. The number of hydrogen-bond acceptors (Lipinski definition) is 2. The highest BCUT2D eigenvalue weighted by Crippen LogP contribution is 2.26. The van der Waals surface area contributed by atoms with Gasteiger partial charge in [-0.3, -0.25) is 9.69 Å². The monoisotopic (exact) mass is 360 g/mol. The summed E-state index contributed by atoms with van der Waals surface area (Å²) >= 11 is 11.0. The number of thiocarbonyl (C=S) groups is 1. The molecule has 0 aliphatic carbocycles. The number of aryl methyl sites for hydroxylation is 1. The maximum Gasteiger partial charge on any atom is 0.281 e. The molecular weight excluding hydrogens is 347 g/mol. The first-order chi connectivity index (χ1) is 11.5. The Labute approximate surface area is 149 Å². The summed E-state index contributed by atoms with van der Waals surface area (Å²) in [6, 6.07) is 12.0. The van der Waals surface area contributed by atoms with Gasteiger partial charge in [-0.15, -0.1) is 0 Å². The van der Waals surface area contributed by atoms with Crippen molar-refractivity contribution in [2.45, 2.75) is 13.3 Å². The molecule has 3 rings (SSSR count). The first-order valence-corrected chi connectivity index (χ1v) is 8.19. The predicted octanol–water partition coefficient (Wildman–Crippen LogP) is 4.30. The maximum absolute atomic E-state index is 13.3. The van der Waals surface area contributed by atoms with Gasteiger partial charge in [0.25, 0.3) is 5.91 Å². The number of amides is 1. The number of hydrogen-bond donors (Lipinski definition) is 1. The van der Waals surface area contributed by atoms with Crippen LogP contribution < -0.4 is 10.2 Å². The molecule has 0 unspecified atom stereocenters. The normalized spacial score (nSPS) is 16.0. The van der Waals surface area contributed by atoms with Gasteiger partial charge >= 0.3 is 0 Å². The summed E-state index contributed by atoms with van der Waals surface area (Å²) in [5.74, 6) is -0.847. The Balaban J connectivity index is 1.90. The Hall–Kier alpha value is -2.24. The van der Waals surface area contributed by atoms with Crippen LogP contribution in [0, 0.1) is 5.82 Å². The van der Waals surface area contributed by atoms with E-state index >= 15 is 0 Å². The Kier molecular flexibility index (Phi) is 4.64. The third-order valence-electron chi connectivity index (χ3n) is 3.74. The number of carbonyl (C=O) groups excluding carboxylic acids is 1. The Morgan fingerprint density at radius 3 is 2.58 bits per heavy atom. The minimum Gasteiger partial charge on any atom is -0.327 e. The molecule has 1 aliphatic heterocycles. The van der Waals surface area contributed by atoms with Crippen molar-refractivity contribution in [3.8, 4) is 0 Å². The van der Waals surface area contributed by atoms with Crippen LogP contribution in [0.15, 0.2) is 48.2 Å². The van der Waals surface area contributed by atoms with Gasteiger partial charge in [0.05, 0.1) is 10.7 Å². The molecule has 0 spiro atoms. The van der Waals surface area contributed by atoms with E-state index in [1.54, 1.807) is 6.08 Å². The molecule has 1 N–H and O–H groups in total. The topological polar surface area (TPSA) is 32.3 Å². The van der Waals surface area contributed by atoms with Gasteiger partial charge in [0.1, 0.15) is 11.5 Å². The van der Waals surface area contributed by atoms with Crippen molar-refractivity contribution in [1.82, 2.24) is 5.32 Å². The molecule has 122 valence electrons. The van der Waals surface area contributed by atoms with Gasteiger partial charge in [0, 0.05) is 0 Å². The molecule has 1 heterocycles. The van der Waals surface area contributed by atoms with Crippen LogP contribution in [0.3, 0.4) is 0 Å². The van der Waals surface area contributed by atoms with Gasteiger partial charge in [0.15, 0.2) is 5.11 Å². The van der Waals surface area contributed by atoms with E-state index in [1.807, 2.05) is 24.3 Å². The predicted molar refractivity (Wildman–Crippen MR) is 98.4 cm³/mol. The molecule has 1 amide bonds. The second kappa shape index (κ2) is 6.71. The van der Waals surface area contributed by atoms with Crippen LogP contribution in [-0.4, -0.2) is 11.0 Å². The summed E-state index contributed by atoms with van der Waals surface area (Å²) in [6.45, 7) is 2.08. The summed E-state index contributed by atoms with van der Waals surface area (Å²) in [5.41, 5.74) is 2.91. The smallest absolute Gasteiger partial charge is 0.281 e. The van der Waals surface area contributed by atoms with Crippen LogP contribution in [0.4, 0.5) is 10.1 Å². The first-order valence-electron chi connectivity index (χ1n) is 7.40. The average molecular weight is 361 g/mol. The van der Waals surface area contributed by atoms with Crippen molar-refractivity contribution in [2.75, 3.05) is 4.90 Å². The average Bonchev–Trinajstić information content (AvgIpc) is 2.85. The van der Waals surface area contributed by atoms with E-state index < -0.39 is 5.82 Å². The van der Waals surface area contributed by atoms with Crippen LogP contribution in [0.25, 0.3) is 6.08 Å². The van der Waals surface area contributed by atoms with Gasteiger partial charge in [-0.2, -0.15) is 0 Å². The zero-order valence-electron chi connectivity index (χ0n) is 12.8. The number of halogens is 2. The fraction of sp³-hybridized carbons (Fsp3) is 0.111. The van der Waals surface area contributed by atoms with Crippen LogP contribution in [0.5, 0.6) is 0 Å². The zero-order valence-corrected chi connectivity index (χ0v) is 14.4. The number of carbonyl (C=O) groups is 1. The minimum absolute atomic E-state index is 0.0596. The van der Waals surface area contributed by atoms with Crippen LogP contribution in [0.1, 0.15) is 18.1 Å². The van der Waals surface area contributed by atoms with Crippen LogP contribution in [0.2, 0.25) is 5.02 Å². The molecule has 0 aromatic heterocycles. The number of nitrogens with zero attached hydrogens (tertiary/aromatic N) is 1. The van der Waals surface area contributed by atoms with E-state index in [4.69, 9.17) is 23.8 Å². The molecule has 3 nitrogen and oxygen atoms in total. The van der Waals surface area contributed by atoms with Gasteiger partial charge < -0.3 is 5.32 Å². The van der Waals surface area contributed by atoms with Crippen molar-refractivity contribution < 1.29 is 9.18 Å².